The van der Waals surface area contributed by atoms with Crippen LogP contribution in [0.25, 0.3) is 0 Å². The summed E-state index contributed by atoms with van der Waals surface area (Å²) in [7, 11) is 0. The highest BCUT2D eigenvalue weighted by molar-refractivity contribution is 6.34. The number of rotatable bonds is 3. The normalized spacial score (nSPS) is 26.6. The molecule has 2 N–H and O–H groups in total. The minimum absolute atomic E-state index is 0.0516. The van der Waals surface area contributed by atoms with Crippen LogP contribution in [0.15, 0.2) is 66.7 Å². The number of hydrogen-bond donors (Lipinski definition) is 2. The molecule has 0 radical (unpaired) electrons. The van der Waals surface area contributed by atoms with Crippen molar-refractivity contribution in [2.75, 3.05) is 10.6 Å². The lowest BCUT2D eigenvalue weighted by Gasteiger charge is -2.43. The Hall–Kier alpha value is -2.99. The summed E-state index contributed by atoms with van der Waals surface area (Å²) < 4.78 is 39.4. The molecule has 3 aromatic carbocycles. The first-order valence-electron chi connectivity index (χ1n) is 11.9. The third kappa shape index (κ3) is 3.88. The number of anilines is 2. The van der Waals surface area contributed by atoms with Crippen molar-refractivity contribution < 1.29 is 18.0 Å². The number of amides is 1. The smallest absolute Gasteiger partial charge is 0.378 e. The average molecular weight is 497 g/mol. The molecule has 180 valence electrons. The van der Waals surface area contributed by atoms with E-state index in [0.717, 1.165) is 29.4 Å². The van der Waals surface area contributed by atoms with Gasteiger partial charge in [-0.1, -0.05) is 41.9 Å². The number of nitrogens with one attached hydrogen (secondary N) is 2. The highest BCUT2D eigenvalue weighted by atomic mass is 35.5. The number of benzene rings is 3. The van der Waals surface area contributed by atoms with Crippen molar-refractivity contribution >= 4 is 28.9 Å². The summed E-state index contributed by atoms with van der Waals surface area (Å²) in [6.07, 6.45) is -0.882. The van der Waals surface area contributed by atoms with Crippen LogP contribution in [0.4, 0.5) is 24.5 Å². The van der Waals surface area contributed by atoms with Gasteiger partial charge in [0, 0.05) is 11.3 Å². The zero-order valence-corrected chi connectivity index (χ0v) is 19.5. The molecule has 35 heavy (non-hydrogen) atoms. The molecular formula is C28H24ClF3N2O. The number of hydrogen-bond acceptors (Lipinski definition) is 2. The molecule has 0 unspecified atom stereocenters. The van der Waals surface area contributed by atoms with Gasteiger partial charge in [0.2, 0.25) is 0 Å². The predicted octanol–water partition coefficient (Wildman–Crippen LogP) is 7.91. The summed E-state index contributed by atoms with van der Waals surface area (Å²) in [6, 6.07) is 19.2. The molecule has 2 saturated carbocycles. The van der Waals surface area contributed by atoms with Crippen LogP contribution in [0.5, 0.6) is 0 Å². The highest BCUT2D eigenvalue weighted by Gasteiger charge is 2.53. The second-order valence-electron chi connectivity index (χ2n) is 9.92. The summed E-state index contributed by atoms with van der Waals surface area (Å²) in [5, 5.41) is 6.38. The van der Waals surface area contributed by atoms with Gasteiger partial charge in [-0.05, 0) is 90.5 Å². The quantitative estimate of drug-likeness (QED) is 0.387. The molecule has 7 heteroatoms. The van der Waals surface area contributed by atoms with Crippen molar-refractivity contribution in [3.05, 3.63) is 94.0 Å². The van der Waals surface area contributed by atoms with E-state index in [1.54, 1.807) is 6.07 Å². The van der Waals surface area contributed by atoms with Gasteiger partial charge in [-0.25, -0.2) is 0 Å². The van der Waals surface area contributed by atoms with Crippen LogP contribution in [-0.2, 0) is 6.18 Å². The molecule has 3 aromatic rings. The number of carbonyl (C=O) groups is 1. The molecule has 3 nitrogen and oxygen atoms in total. The third-order valence-corrected chi connectivity index (χ3v) is 8.38. The van der Waals surface area contributed by atoms with E-state index in [1.165, 1.54) is 24.8 Å². The van der Waals surface area contributed by atoms with Crippen molar-refractivity contribution in [2.24, 2.45) is 17.8 Å². The topological polar surface area (TPSA) is 41.1 Å². The lowest BCUT2D eigenvalue weighted by atomic mass is 9.68. The van der Waals surface area contributed by atoms with Gasteiger partial charge in [0.25, 0.3) is 5.91 Å². The van der Waals surface area contributed by atoms with Crippen LogP contribution < -0.4 is 10.6 Å². The van der Waals surface area contributed by atoms with Gasteiger partial charge in [0.1, 0.15) is 0 Å². The fourth-order valence-corrected chi connectivity index (χ4v) is 6.77. The molecule has 6 rings (SSSR count). The number of alkyl halides is 3. The fraction of sp³-hybridized carbons (Fsp3) is 0.321. The number of halogens is 4. The first kappa shape index (κ1) is 22.5. The van der Waals surface area contributed by atoms with E-state index in [9.17, 15) is 18.0 Å². The zero-order chi connectivity index (χ0) is 24.3. The monoisotopic (exact) mass is 496 g/mol. The Morgan fingerprint density at radius 3 is 2.51 bits per heavy atom. The summed E-state index contributed by atoms with van der Waals surface area (Å²) >= 11 is 6.09. The van der Waals surface area contributed by atoms with Crippen LogP contribution >= 0.6 is 11.6 Å². The number of carbonyl (C=O) groups excluding carboxylic acids is 1. The molecule has 2 aliphatic carbocycles. The van der Waals surface area contributed by atoms with Crippen LogP contribution in [-0.4, -0.2) is 5.91 Å². The highest BCUT2D eigenvalue weighted by Crippen LogP contribution is 2.63. The lowest BCUT2D eigenvalue weighted by molar-refractivity contribution is -0.137. The molecule has 1 heterocycles. The Labute approximate surface area is 206 Å². The summed E-state index contributed by atoms with van der Waals surface area (Å²) in [6.45, 7) is 0. The molecular weight excluding hydrogens is 473 g/mol. The third-order valence-electron chi connectivity index (χ3n) is 8.05. The minimum Gasteiger partial charge on any atom is -0.378 e. The molecule has 1 aliphatic heterocycles. The molecule has 0 saturated heterocycles. The predicted molar refractivity (Wildman–Crippen MR) is 131 cm³/mol. The van der Waals surface area contributed by atoms with E-state index in [2.05, 4.69) is 34.9 Å². The van der Waals surface area contributed by atoms with Crippen molar-refractivity contribution in [1.29, 1.82) is 0 Å². The van der Waals surface area contributed by atoms with Gasteiger partial charge >= 0.3 is 6.18 Å². The molecule has 0 spiro atoms. The zero-order valence-electron chi connectivity index (χ0n) is 18.8. The summed E-state index contributed by atoms with van der Waals surface area (Å²) in [4.78, 5) is 13.1. The van der Waals surface area contributed by atoms with Crippen LogP contribution in [0.3, 0.4) is 0 Å². The van der Waals surface area contributed by atoms with Gasteiger partial charge in [-0.2, -0.15) is 13.2 Å². The molecule has 1 amide bonds. The molecule has 0 aromatic heterocycles. The molecule has 2 fully saturated rings. The van der Waals surface area contributed by atoms with E-state index in [-0.39, 0.29) is 16.8 Å². The van der Waals surface area contributed by atoms with Crippen LogP contribution in [0, 0.1) is 17.8 Å². The maximum absolute atomic E-state index is 13.1. The van der Waals surface area contributed by atoms with Gasteiger partial charge in [0.15, 0.2) is 0 Å². The Kier molecular flexibility index (Phi) is 5.33. The van der Waals surface area contributed by atoms with Crippen molar-refractivity contribution in [2.45, 2.75) is 37.4 Å². The standard InChI is InChI=1S/C28H24ClF3N2O/c29-21-10-9-19(28(30,31)32)14-23(21)34-27(35)18-8-11-22-20(13-18)24-16-6-7-17(12-16)25(24)26(33-22)15-4-2-1-3-5-15/h1-5,8-11,13-14,16-17,24-26,33H,6-7,12H2,(H,34,35)/t16-,17-,24-,25+,26-/m0/s1. The van der Waals surface area contributed by atoms with Gasteiger partial charge in [-0.3, -0.25) is 4.79 Å². The first-order chi connectivity index (χ1) is 16.8. The van der Waals surface area contributed by atoms with Crippen molar-refractivity contribution in [3.63, 3.8) is 0 Å². The Morgan fingerprint density at radius 1 is 0.971 bits per heavy atom. The summed E-state index contributed by atoms with van der Waals surface area (Å²) in [5.74, 6) is 1.59. The van der Waals surface area contributed by atoms with Gasteiger partial charge < -0.3 is 10.6 Å². The fourth-order valence-electron chi connectivity index (χ4n) is 6.61. The van der Waals surface area contributed by atoms with Crippen molar-refractivity contribution in [3.8, 4) is 0 Å². The van der Waals surface area contributed by atoms with Crippen LogP contribution in [0.1, 0.15) is 58.3 Å². The minimum atomic E-state index is -4.52. The van der Waals surface area contributed by atoms with E-state index in [1.807, 2.05) is 18.2 Å². The van der Waals surface area contributed by atoms with E-state index >= 15 is 0 Å². The molecule has 5 atom stereocenters. The Balaban J connectivity index is 1.33. The SMILES string of the molecule is O=C(Nc1cc(C(F)(F)F)ccc1Cl)c1ccc2c(c1)[C@@H]1[C@H]3CC[C@@H](C3)[C@H]1[C@H](c1ccccc1)N2. The molecule has 2 bridgehead atoms. The lowest BCUT2D eigenvalue weighted by Crippen LogP contribution is -2.35. The van der Waals surface area contributed by atoms with Gasteiger partial charge in [0.05, 0.1) is 22.3 Å². The maximum atomic E-state index is 13.1. The second-order valence-corrected chi connectivity index (χ2v) is 10.3. The van der Waals surface area contributed by atoms with E-state index in [4.69, 9.17) is 11.6 Å². The Morgan fingerprint density at radius 2 is 1.74 bits per heavy atom. The first-order valence-corrected chi connectivity index (χ1v) is 12.3. The summed E-state index contributed by atoms with van der Waals surface area (Å²) in [5.41, 5.74) is 2.95. The second kappa shape index (κ2) is 8.30. The number of fused-ring (bicyclic) bond motifs is 7. The van der Waals surface area contributed by atoms with E-state index in [0.29, 0.717) is 29.2 Å². The average Bonchev–Trinajstić information content (AvgIpc) is 3.47. The largest absolute Gasteiger partial charge is 0.416 e. The maximum Gasteiger partial charge on any atom is 0.416 e. The van der Waals surface area contributed by atoms with E-state index < -0.39 is 17.6 Å². The Bertz CT molecular complexity index is 1290. The molecule has 3 aliphatic rings. The van der Waals surface area contributed by atoms with Crippen LogP contribution in [0.2, 0.25) is 5.02 Å². The van der Waals surface area contributed by atoms with Gasteiger partial charge in [-0.15, -0.1) is 0 Å². The van der Waals surface area contributed by atoms with Crippen molar-refractivity contribution in [1.82, 2.24) is 0 Å².